The number of piperazine rings is 1. The average Bonchev–Trinajstić information content (AvgIpc) is 3.23. The van der Waals surface area contributed by atoms with Gasteiger partial charge in [0.15, 0.2) is 0 Å². The number of allylic oxidation sites excluding steroid dienone is 1. The second kappa shape index (κ2) is 18.5. The lowest BCUT2D eigenvalue weighted by molar-refractivity contribution is -0.384. The minimum absolute atomic E-state index is 0.0121. The van der Waals surface area contributed by atoms with Crippen LogP contribution in [0.25, 0.3) is 5.57 Å². The molecule has 2 fully saturated rings. The van der Waals surface area contributed by atoms with Gasteiger partial charge < -0.3 is 19.9 Å². The largest absolute Gasteiger partial charge is 0.455 e. The first-order chi connectivity index (χ1) is 28.7. The highest BCUT2D eigenvalue weighted by Crippen LogP contribution is 2.43. The number of piperidine rings is 1. The van der Waals surface area contributed by atoms with Crippen LogP contribution in [0.4, 0.5) is 17.1 Å². The molecule has 60 heavy (non-hydrogen) atoms. The molecule has 4 aromatic rings. The van der Waals surface area contributed by atoms with Gasteiger partial charge in [-0.1, -0.05) is 73.8 Å². The fourth-order valence-electron chi connectivity index (χ4n) is 8.32. The first-order valence-corrected chi connectivity index (χ1v) is 22.8. The van der Waals surface area contributed by atoms with Crippen LogP contribution in [0.1, 0.15) is 68.8 Å². The molecule has 0 unspecified atom stereocenters. The molecule has 2 aliphatic heterocycles. The van der Waals surface area contributed by atoms with Gasteiger partial charge in [0.2, 0.25) is 0 Å². The molecule has 4 aromatic carbocycles. The predicted molar refractivity (Wildman–Crippen MR) is 239 cm³/mol. The summed E-state index contributed by atoms with van der Waals surface area (Å²) in [6, 6.07) is 23.7. The average molecular weight is 876 g/mol. The highest BCUT2D eigenvalue weighted by Gasteiger charge is 2.31. The third kappa shape index (κ3) is 10.4. The van der Waals surface area contributed by atoms with Gasteiger partial charge in [0.25, 0.3) is 21.6 Å². The molecule has 0 spiro atoms. The number of benzene rings is 4. The van der Waals surface area contributed by atoms with Crippen LogP contribution in [0.2, 0.25) is 10.0 Å². The molecule has 0 saturated carbocycles. The number of carbonyl (C=O) groups excluding carboxylic acids is 1. The third-order valence-corrected chi connectivity index (χ3v) is 13.8. The number of nitro benzene ring substituents is 1. The van der Waals surface area contributed by atoms with E-state index >= 15 is 0 Å². The van der Waals surface area contributed by atoms with E-state index in [9.17, 15) is 23.3 Å². The molecular weight excluding hydrogens is 824 g/mol. The SMILES string of the molecule is CCN1CCC(Nc2ccc(S(=O)(=O)NC(=O)c3ccc(N4CCN(CC5=C(c6ccc(Cl)cc6)CC(C)(C)CC5)CC4)cc3Oc3ccccc3Cl)cc2[N+](=O)[O-])CC1. The summed E-state index contributed by atoms with van der Waals surface area (Å²) in [7, 11) is -4.55. The van der Waals surface area contributed by atoms with Crippen molar-refractivity contribution in [2.24, 2.45) is 5.41 Å². The highest BCUT2D eigenvalue weighted by molar-refractivity contribution is 7.90. The Labute approximate surface area is 362 Å². The Bertz CT molecular complexity index is 2360. The van der Waals surface area contributed by atoms with E-state index in [0.717, 1.165) is 101 Å². The molecule has 0 aromatic heterocycles. The van der Waals surface area contributed by atoms with E-state index in [4.69, 9.17) is 27.9 Å². The summed E-state index contributed by atoms with van der Waals surface area (Å²) >= 11 is 12.7. The Hall–Kier alpha value is -4.66. The fraction of sp³-hybridized carbons (Fsp3) is 0.400. The number of para-hydroxylation sites is 1. The second-order valence-corrected chi connectivity index (χ2v) is 19.2. The fourth-order valence-corrected chi connectivity index (χ4v) is 9.61. The number of sulfonamides is 1. The number of rotatable bonds is 13. The molecule has 2 saturated heterocycles. The van der Waals surface area contributed by atoms with Crippen LogP contribution in [0.3, 0.4) is 0 Å². The molecule has 1 amide bonds. The summed E-state index contributed by atoms with van der Waals surface area (Å²) in [6.45, 7) is 13.4. The van der Waals surface area contributed by atoms with Gasteiger partial charge in [0.1, 0.15) is 17.2 Å². The summed E-state index contributed by atoms with van der Waals surface area (Å²) < 4.78 is 35.7. The number of ether oxygens (including phenoxy) is 1. The van der Waals surface area contributed by atoms with Gasteiger partial charge in [-0.15, -0.1) is 0 Å². The van der Waals surface area contributed by atoms with E-state index < -0.39 is 31.4 Å². The van der Waals surface area contributed by atoms with Crippen molar-refractivity contribution in [1.29, 1.82) is 0 Å². The van der Waals surface area contributed by atoms with Crippen molar-refractivity contribution in [2.75, 3.05) is 62.6 Å². The summed E-state index contributed by atoms with van der Waals surface area (Å²) in [5, 5.41) is 16.4. The van der Waals surface area contributed by atoms with Crippen LogP contribution in [-0.4, -0.2) is 87.4 Å². The molecule has 2 heterocycles. The molecule has 0 bridgehead atoms. The number of hydrogen-bond donors (Lipinski definition) is 2. The number of hydrogen-bond acceptors (Lipinski definition) is 10. The number of halogens is 2. The van der Waals surface area contributed by atoms with Crippen LogP contribution in [0, 0.1) is 15.5 Å². The van der Waals surface area contributed by atoms with E-state index in [1.807, 2.05) is 12.1 Å². The Morgan fingerprint density at radius 3 is 2.30 bits per heavy atom. The van der Waals surface area contributed by atoms with E-state index in [1.54, 1.807) is 36.4 Å². The Balaban J connectivity index is 1.08. The van der Waals surface area contributed by atoms with Crippen molar-refractivity contribution in [1.82, 2.24) is 14.5 Å². The molecule has 318 valence electrons. The van der Waals surface area contributed by atoms with Crippen molar-refractivity contribution in [2.45, 2.75) is 63.8 Å². The lowest BCUT2D eigenvalue weighted by Gasteiger charge is -2.39. The summed E-state index contributed by atoms with van der Waals surface area (Å²) in [4.78, 5) is 32.0. The van der Waals surface area contributed by atoms with E-state index in [0.29, 0.717) is 5.02 Å². The lowest BCUT2D eigenvalue weighted by Crippen LogP contribution is -2.47. The van der Waals surface area contributed by atoms with Gasteiger partial charge in [-0.3, -0.25) is 19.8 Å². The van der Waals surface area contributed by atoms with Crippen LogP contribution >= 0.6 is 23.2 Å². The minimum Gasteiger partial charge on any atom is -0.455 e. The van der Waals surface area contributed by atoms with Crippen LogP contribution in [0.5, 0.6) is 11.5 Å². The maximum atomic E-state index is 13.9. The number of nitro groups is 1. The minimum atomic E-state index is -4.55. The number of likely N-dealkylation sites (tertiary alicyclic amines) is 1. The predicted octanol–water partition coefficient (Wildman–Crippen LogP) is 9.49. The van der Waals surface area contributed by atoms with Crippen molar-refractivity contribution < 1.29 is 22.9 Å². The van der Waals surface area contributed by atoms with E-state index in [-0.39, 0.29) is 34.2 Å². The molecule has 15 heteroatoms. The van der Waals surface area contributed by atoms with Gasteiger partial charge in [-0.25, -0.2) is 13.1 Å². The highest BCUT2D eigenvalue weighted by atomic mass is 35.5. The number of carbonyl (C=O) groups is 1. The van der Waals surface area contributed by atoms with Crippen molar-refractivity contribution in [3.63, 3.8) is 0 Å². The van der Waals surface area contributed by atoms with Crippen LogP contribution in [-0.2, 0) is 10.0 Å². The quantitative estimate of drug-likeness (QED) is 0.0988. The monoisotopic (exact) mass is 874 g/mol. The summed E-state index contributed by atoms with van der Waals surface area (Å²) in [6.07, 6.45) is 4.81. The Morgan fingerprint density at radius 2 is 1.62 bits per heavy atom. The first kappa shape index (κ1) is 43.4. The zero-order valence-electron chi connectivity index (χ0n) is 34.3. The van der Waals surface area contributed by atoms with Crippen LogP contribution < -0.4 is 19.7 Å². The van der Waals surface area contributed by atoms with Gasteiger partial charge >= 0.3 is 0 Å². The summed E-state index contributed by atoms with van der Waals surface area (Å²) in [5.41, 5.74) is 4.92. The third-order valence-electron chi connectivity index (χ3n) is 11.9. The van der Waals surface area contributed by atoms with Gasteiger partial charge in [-0.05, 0) is 104 Å². The number of anilines is 2. The zero-order chi connectivity index (χ0) is 42.6. The standard InChI is InChI=1S/C45H52Cl2N6O6S/c1-4-50-21-18-34(19-22-50)48-40-16-14-36(28-41(40)53(55)56)60(57,58)49-44(54)37-15-13-35(27-43(37)59-42-8-6-5-7-39(42)47)52-25-23-51(24-26-52)30-32-17-20-45(2,3)29-38(32)31-9-11-33(46)12-10-31/h5-16,27-28,34,48H,4,17-26,29-30H2,1-3H3,(H,49,54). The van der Waals surface area contributed by atoms with Gasteiger partial charge in [-0.2, -0.15) is 0 Å². The normalized spacial score (nSPS) is 18.0. The first-order valence-electron chi connectivity index (χ1n) is 20.5. The van der Waals surface area contributed by atoms with Gasteiger partial charge in [0.05, 0.1) is 20.4 Å². The number of nitrogens with zero attached hydrogens (tertiary/aromatic N) is 4. The van der Waals surface area contributed by atoms with Crippen LogP contribution in [0.15, 0.2) is 95.4 Å². The van der Waals surface area contributed by atoms with E-state index in [2.05, 4.69) is 57.6 Å². The summed E-state index contributed by atoms with van der Waals surface area (Å²) in [5.74, 6) is -0.558. The molecule has 7 rings (SSSR count). The maximum Gasteiger partial charge on any atom is 0.293 e. The zero-order valence-corrected chi connectivity index (χ0v) is 36.6. The Kier molecular flexibility index (Phi) is 13.4. The van der Waals surface area contributed by atoms with Crippen molar-refractivity contribution >= 4 is 61.8 Å². The molecule has 2 N–H and O–H groups in total. The molecule has 0 radical (unpaired) electrons. The topological polar surface area (TPSA) is 137 Å². The van der Waals surface area contributed by atoms with Gasteiger partial charge in [0, 0.05) is 74.7 Å². The van der Waals surface area contributed by atoms with Crippen molar-refractivity contribution in [3.8, 4) is 11.5 Å². The number of nitrogens with one attached hydrogen (secondary N) is 2. The molecular formula is C45H52Cl2N6O6S. The smallest absolute Gasteiger partial charge is 0.293 e. The van der Waals surface area contributed by atoms with E-state index in [1.165, 1.54) is 34.9 Å². The molecule has 0 atom stereocenters. The maximum absolute atomic E-state index is 13.9. The Morgan fingerprint density at radius 1 is 0.900 bits per heavy atom. The second-order valence-electron chi connectivity index (χ2n) is 16.6. The van der Waals surface area contributed by atoms with Crippen molar-refractivity contribution in [3.05, 3.63) is 122 Å². The number of amides is 1. The molecule has 1 aliphatic carbocycles. The molecule has 12 nitrogen and oxygen atoms in total. The molecule has 3 aliphatic rings. The lowest BCUT2D eigenvalue weighted by atomic mass is 9.72.